The summed E-state index contributed by atoms with van der Waals surface area (Å²) >= 11 is 0. The molecule has 2 aromatic rings. The van der Waals surface area contributed by atoms with E-state index in [1.54, 1.807) is 12.1 Å². The van der Waals surface area contributed by atoms with Crippen molar-refractivity contribution in [3.05, 3.63) is 53.8 Å². The van der Waals surface area contributed by atoms with Crippen molar-refractivity contribution in [2.24, 2.45) is 11.8 Å². The normalized spacial score (nSPS) is 16.9. The number of hydrogen-bond donors (Lipinski definition) is 0. The number of carbonyl (C=O) groups excluding carboxylic acids is 1. The van der Waals surface area contributed by atoms with Crippen molar-refractivity contribution in [2.75, 3.05) is 13.2 Å². The molecular formula is C36H53FO4. The summed E-state index contributed by atoms with van der Waals surface area (Å²) in [4.78, 5) is 12.5. The molecule has 5 heteroatoms. The summed E-state index contributed by atoms with van der Waals surface area (Å²) in [6, 6.07) is 11.3. The Bertz CT molecular complexity index is 982. The van der Waals surface area contributed by atoms with Crippen LogP contribution in [0.3, 0.4) is 0 Å². The van der Waals surface area contributed by atoms with Gasteiger partial charge in [0.1, 0.15) is 11.5 Å². The van der Waals surface area contributed by atoms with Crippen LogP contribution in [-0.4, -0.2) is 19.2 Å². The zero-order chi connectivity index (χ0) is 29.1. The van der Waals surface area contributed by atoms with Crippen molar-refractivity contribution in [2.45, 2.75) is 123 Å². The second-order valence-corrected chi connectivity index (χ2v) is 11.8. The summed E-state index contributed by atoms with van der Waals surface area (Å²) in [6.07, 6.45) is 21.8. The lowest BCUT2D eigenvalue weighted by Crippen LogP contribution is -2.15. The lowest BCUT2D eigenvalue weighted by atomic mass is 9.78. The van der Waals surface area contributed by atoms with Crippen LogP contribution < -0.4 is 14.2 Å². The van der Waals surface area contributed by atoms with Crippen molar-refractivity contribution >= 4 is 5.97 Å². The highest BCUT2D eigenvalue weighted by atomic mass is 19.1. The second-order valence-electron chi connectivity index (χ2n) is 11.8. The topological polar surface area (TPSA) is 44.8 Å². The quantitative estimate of drug-likeness (QED) is 0.0905. The standard InChI is InChI=1S/C36H53FO4/c1-3-5-7-9-11-14-29-16-18-30(19-17-29)15-13-27-39-32-21-23-33(24-22-32)41-36(38)31-20-25-35(34(37)28-31)40-26-12-10-8-6-4-2/h20-25,28-30H,3-19,26-27H2,1-2H3. The first kappa shape index (κ1) is 32.9. The third kappa shape index (κ3) is 12.9. The molecule has 1 saturated carbocycles. The third-order valence-corrected chi connectivity index (χ3v) is 8.42. The van der Waals surface area contributed by atoms with Gasteiger partial charge in [-0.25, -0.2) is 9.18 Å². The summed E-state index contributed by atoms with van der Waals surface area (Å²) < 4.78 is 31.4. The number of ether oxygens (including phenoxy) is 3. The van der Waals surface area contributed by atoms with Gasteiger partial charge in [-0.1, -0.05) is 104 Å². The van der Waals surface area contributed by atoms with Crippen LogP contribution in [0.25, 0.3) is 0 Å². The zero-order valence-electron chi connectivity index (χ0n) is 25.6. The number of rotatable bonds is 20. The SMILES string of the molecule is CCCCCCCOc1ccc(C(=O)Oc2ccc(OCCCC3CCC(CCCCCCC)CC3)cc2)cc1F. The maximum absolute atomic E-state index is 14.4. The lowest BCUT2D eigenvalue weighted by molar-refractivity contribution is 0.0734. The molecule has 3 rings (SSSR count). The number of carbonyl (C=O) groups is 1. The minimum Gasteiger partial charge on any atom is -0.494 e. The lowest BCUT2D eigenvalue weighted by Gasteiger charge is -2.28. The molecule has 41 heavy (non-hydrogen) atoms. The van der Waals surface area contributed by atoms with E-state index in [2.05, 4.69) is 13.8 Å². The molecule has 1 aliphatic carbocycles. The van der Waals surface area contributed by atoms with Gasteiger partial charge in [-0.05, 0) is 73.6 Å². The van der Waals surface area contributed by atoms with E-state index in [4.69, 9.17) is 14.2 Å². The number of unbranched alkanes of at least 4 members (excludes halogenated alkanes) is 8. The molecule has 2 aromatic carbocycles. The molecule has 1 aliphatic rings. The summed E-state index contributed by atoms with van der Waals surface area (Å²) in [6.45, 7) is 5.62. The first-order chi connectivity index (χ1) is 20.1. The molecule has 228 valence electrons. The Morgan fingerprint density at radius 1 is 0.683 bits per heavy atom. The van der Waals surface area contributed by atoms with Crippen LogP contribution in [-0.2, 0) is 0 Å². The number of halogens is 1. The van der Waals surface area contributed by atoms with Gasteiger partial charge < -0.3 is 14.2 Å². The van der Waals surface area contributed by atoms with Gasteiger partial charge in [-0.2, -0.15) is 0 Å². The van der Waals surface area contributed by atoms with Crippen molar-refractivity contribution < 1.29 is 23.4 Å². The fourth-order valence-electron chi connectivity index (χ4n) is 5.81. The van der Waals surface area contributed by atoms with Crippen LogP contribution in [0.15, 0.2) is 42.5 Å². The van der Waals surface area contributed by atoms with Crippen molar-refractivity contribution in [3.8, 4) is 17.2 Å². The molecule has 0 aromatic heterocycles. The molecule has 0 aliphatic heterocycles. The molecule has 0 atom stereocenters. The van der Waals surface area contributed by atoms with Gasteiger partial charge >= 0.3 is 5.97 Å². The minimum absolute atomic E-state index is 0.152. The Morgan fingerprint density at radius 3 is 1.88 bits per heavy atom. The molecule has 0 heterocycles. The van der Waals surface area contributed by atoms with Crippen molar-refractivity contribution in [1.82, 2.24) is 0 Å². The Labute approximate surface area is 248 Å². The van der Waals surface area contributed by atoms with Crippen LogP contribution in [0.2, 0.25) is 0 Å². The maximum Gasteiger partial charge on any atom is 0.343 e. The molecule has 0 unspecified atom stereocenters. The zero-order valence-corrected chi connectivity index (χ0v) is 25.6. The molecule has 0 spiro atoms. The molecule has 1 fully saturated rings. The Kier molecular flexibility index (Phi) is 15.7. The van der Waals surface area contributed by atoms with Gasteiger partial charge in [0.05, 0.1) is 18.8 Å². The van der Waals surface area contributed by atoms with E-state index in [0.717, 1.165) is 36.8 Å². The van der Waals surface area contributed by atoms with Gasteiger partial charge in [0.2, 0.25) is 0 Å². The first-order valence-corrected chi connectivity index (χ1v) is 16.5. The highest BCUT2D eigenvalue weighted by molar-refractivity contribution is 5.91. The highest BCUT2D eigenvalue weighted by Gasteiger charge is 2.20. The third-order valence-electron chi connectivity index (χ3n) is 8.42. The van der Waals surface area contributed by atoms with Gasteiger partial charge in [0.25, 0.3) is 0 Å². The van der Waals surface area contributed by atoms with E-state index in [9.17, 15) is 9.18 Å². The monoisotopic (exact) mass is 568 g/mol. The van der Waals surface area contributed by atoms with E-state index < -0.39 is 11.8 Å². The van der Waals surface area contributed by atoms with E-state index in [0.29, 0.717) is 19.0 Å². The molecule has 0 N–H and O–H groups in total. The Hall–Kier alpha value is -2.56. The van der Waals surface area contributed by atoms with E-state index in [1.165, 1.54) is 108 Å². The predicted molar refractivity (Wildman–Crippen MR) is 166 cm³/mol. The fourth-order valence-corrected chi connectivity index (χ4v) is 5.81. The maximum atomic E-state index is 14.4. The number of benzene rings is 2. The van der Waals surface area contributed by atoms with Crippen molar-refractivity contribution in [1.29, 1.82) is 0 Å². The second kappa shape index (κ2) is 19.5. The average molecular weight is 569 g/mol. The van der Waals surface area contributed by atoms with Crippen LogP contribution in [0.1, 0.15) is 133 Å². The van der Waals surface area contributed by atoms with E-state index >= 15 is 0 Å². The van der Waals surface area contributed by atoms with Gasteiger partial charge in [-0.3, -0.25) is 0 Å². The van der Waals surface area contributed by atoms with Gasteiger partial charge in [-0.15, -0.1) is 0 Å². The number of esters is 1. The number of hydrogen-bond acceptors (Lipinski definition) is 4. The molecule has 0 saturated heterocycles. The molecule has 4 nitrogen and oxygen atoms in total. The van der Waals surface area contributed by atoms with Crippen LogP contribution in [0, 0.1) is 17.7 Å². The minimum atomic E-state index is -0.602. The summed E-state index contributed by atoms with van der Waals surface area (Å²) in [5.74, 6) is 1.98. The summed E-state index contributed by atoms with van der Waals surface area (Å²) in [5.41, 5.74) is 0.152. The predicted octanol–water partition coefficient (Wildman–Crippen LogP) is 10.7. The molecule has 0 radical (unpaired) electrons. The van der Waals surface area contributed by atoms with E-state index in [-0.39, 0.29) is 11.3 Å². The van der Waals surface area contributed by atoms with Gasteiger partial charge in [0.15, 0.2) is 11.6 Å². The highest BCUT2D eigenvalue weighted by Crippen LogP contribution is 2.34. The Morgan fingerprint density at radius 2 is 1.24 bits per heavy atom. The summed E-state index contributed by atoms with van der Waals surface area (Å²) in [5, 5.41) is 0. The largest absolute Gasteiger partial charge is 0.494 e. The Balaban J connectivity index is 1.29. The van der Waals surface area contributed by atoms with E-state index in [1.807, 2.05) is 12.1 Å². The fraction of sp³-hybridized carbons (Fsp3) is 0.639. The molecule has 0 amide bonds. The summed E-state index contributed by atoms with van der Waals surface area (Å²) in [7, 11) is 0. The van der Waals surface area contributed by atoms with Crippen LogP contribution >= 0.6 is 0 Å². The molecular weight excluding hydrogens is 515 g/mol. The van der Waals surface area contributed by atoms with Crippen LogP contribution in [0.5, 0.6) is 17.2 Å². The molecule has 0 bridgehead atoms. The van der Waals surface area contributed by atoms with Crippen LogP contribution in [0.4, 0.5) is 4.39 Å². The average Bonchev–Trinajstić information content (AvgIpc) is 2.99. The smallest absolute Gasteiger partial charge is 0.343 e. The van der Waals surface area contributed by atoms with Gasteiger partial charge in [0, 0.05) is 0 Å². The van der Waals surface area contributed by atoms with Crippen molar-refractivity contribution in [3.63, 3.8) is 0 Å². The first-order valence-electron chi connectivity index (χ1n) is 16.5.